The lowest BCUT2D eigenvalue weighted by Crippen LogP contribution is -2.48. The summed E-state index contributed by atoms with van der Waals surface area (Å²) in [6, 6.07) is 1.03. The Morgan fingerprint density at radius 1 is 1.60 bits per heavy atom. The molecule has 1 aromatic rings. The molecule has 1 aliphatic rings. The van der Waals surface area contributed by atoms with E-state index < -0.39 is 0 Å². The largest absolute Gasteiger partial charge is 0.343 e. The van der Waals surface area contributed by atoms with E-state index in [9.17, 15) is 0 Å². The highest BCUT2D eigenvalue weighted by Crippen LogP contribution is 2.23. The van der Waals surface area contributed by atoms with Gasteiger partial charge in [-0.3, -0.25) is 4.90 Å². The molecule has 1 fully saturated rings. The Morgan fingerprint density at radius 2 is 2.47 bits per heavy atom. The van der Waals surface area contributed by atoms with Gasteiger partial charge >= 0.3 is 0 Å². The molecule has 84 valence electrons. The van der Waals surface area contributed by atoms with E-state index in [1.807, 2.05) is 0 Å². The first-order chi connectivity index (χ1) is 7.31. The monoisotopic (exact) mass is 210 g/mol. The summed E-state index contributed by atoms with van der Waals surface area (Å²) in [5.41, 5.74) is 5.78. The van der Waals surface area contributed by atoms with Crippen molar-refractivity contribution in [2.45, 2.75) is 44.8 Å². The molecule has 0 saturated carbocycles. The Labute approximate surface area is 89.6 Å². The molecule has 5 heteroatoms. The highest BCUT2D eigenvalue weighted by molar-refractivity contribution is 4.87. The van der Waals surface area contributed by atoms with Gasteiger partial charge in [0.1, 0.15) is 0 Å². The molecule has 2 atom stereocenters. The summed E-state index contributed by atoms with van der Waals surface area (Å²) in [6.07, 6.45) is 5.06. The quantitative estimate of drug-likeness (QED) is 0.798. The Morgan fingerprint density at radius 3 is 3.13 bits per heavy atom. The summed E-state index contributed by atoms with van der Waals surface area (Å²) in [4.78, 5) is 6.44. The summed E-state index contributed by atoms with van der Waals surface area (Å²) in [5, 5.41) is 3.84. The van der Waals surface area contributed by atoms with Crippen LogP contribution in [0.3, 0.4) is 0 Å². The van der Waals surface area contributed by atoms with E-state index >= 15 is 0 Å². The lowest BCUT2D eigenvalue weighted by Gasteiger charge is -2.39. The van der Waals surface area contributed by atoms with Crippen molar-refractivity contribution in [2.75, 3.05) is 6.54 Å². The van der Waals surface area contributed by atoms with Crippen molar-refractivity contribution in [2.24, 2.45) is 5.73 Å². The highest BCUT2D eigenvalue weighted by atomic mass is 16.5. The minimum atomic E-state index is 0.465. The van der Waals surface area contributed by atoms with Crippen LogP contribution >= 0.6 is 0 Å². The number of likely N-dealkylation sites (tertiary alicyclic amines) is 1. The van der Waals surface area contributed by atoms with Crippen molar-refractivity contribution in [1.82, 2.24) is 15.0 Å². The van der Waals surface area contributed by atoms with Gasteiger partial charge in [0.25, 0.3) is 0 Å². The van der Waals surface area contributed by atoms with Gasteiger partial charge in [0.15, 0.2) is 5.82 Å². The van der Waals surface area contributed by atoms with Gasteiger partial charge in [0, 0.05) is 18.6 Å². The summed E-state index contributed by atoms with van der Waals surface area (Å²) in [6.45, 7) is 3.70. The molecule has 2 N–H and O–H groups in total. The first-order valence-electron chi connectivity index (χ1n) is 5.52. The Hall–Kier alpha value is -0.940. The van der Waals surface area contributed by atoms with Gasteiger partial charge < -0.3 is 10.3 Å². The molecule has 2 heterocycles. The van der Waals surface area contributed by atoms with E-state index in [4.69, 9.17) is 10.3 Å². The van der Waals surface area contributed by atoms with E-state index in [0.29, 0.717) is 18.6 Å². The van der Waals surface area contributed by atoms with Crippen molar-refractivity contribution < 1.29 is 4.52 Å². The lowest BCUT2D eigenvalue weighted by molar-refractivity contribution is 0.0854. The third kappa shape index (κ3) is 2.35. The zero-order chi connectivity index (χ0) is 10.7. The van der Waals surface area contributed by atoms with Crippen molar-refractivity contribution in [3.05, 3.63) is 12.2 Å². The zero-order valence-corrected chi connectivity index (χ0v) is 9.09. The standard InChI is InChI=1S/C10H18N4O/c1-8-3-2-4-9(5-11)14(8)6-10-12-7-15-13-10/h7-9H,2-6,11H2,1H3. The third-order valence-corrected chi connectivity index (χ3v) is 3.20. The number of aromatic nitrogens is 2. The van der Waals surface area contributed by atoms with Crippen LogP contribution in [0.15, 0.2) is 10.9 Å². The molecule has 0 aliphatic carbocycles. The van der Waals surface area contributed by atoms with Crippen molar-refractivity contribution >= 4 is 0 Å². The summed E-state index contributed by atoms with van der Waals surface area (Å²) < 4.78 is 4.74. The van der Waals surface area contributed by atoms with Crippen LogP contribution < -0.4 is 5.73 Å². The SMILES string of the molecule is CC1CCCC(CN)N1Cc1ncon1. The van der Waals surface area contributed by atoms with Gasteiger partial charge in [-0.25, -0.2) is 0 Å². The van der Waals surface area contributed by atoms with Gasteiger partial charge in [-0.2, -0.15) is 4.98 Å². The topological polar surface area (TPSA) is 68.2 Å². The molecule has 0 aromatic carbocycles. The number of hydrogen-bond acceptors (Lipinski definition) is 5. The predicted molar refractivity (Wildman–Crippen MR) is 56.0 cm³/mol. The Bertz CT molecular complexity index is 288. The van der Waals surface area contributed by atoms with Crippen LogP contribution in [0.25, 0.3) is 0 Å². The number of rotatable bonds is 3. The molecular formula is C10H18N4O. The van der Waals surface area contributed by atoms with Crippen LogP contribution in [-0.2, 0) is 6.54 Å². The van der Waals surface area contributed by atoms with Crippen LogP contribution in [0.1, 0.15) is 32.0 Å². The molecular weight excluding hydrogens is 192 g/mol. The average molecular weight is 210 g/mol. The van der Waals surface area contributed by atoms with Crippen LogP contribution in [0, 0.1) is 0 Å². The summed E-state index contributed by atoms with van der Waals surface area (Å²) in [5.74, 6) is 0.752. The third-order valence-electron chi connectivity index (χ3n) is 3.20. The molecule has 5 nitrogen and oxygen atoms in total. The van der Waals surface area contributed by atoms with Crippen LogP contribution in [0.2, 0.25) is 0 Å². The number of nitrogens with zero attached hydrogens (tertiary/aromatic N) is 3. The van der Waals surface area contributed by atoms with E-state index in [2.05, 4.69) is 22.0 Å². The molecule has 2 rings (SSSR count). The van der Waals surface area contributed by atoms with E-state index in [1.54, 1.807) is 0 Å². The molecule has 1 aromatic heterocycles. The van der Waals surface area contributed by atoms with Gasteiger partial charge in [-0.05, 0) is 19.8 Å². The number of piperidine rings is 1. The Balaban J connectivity index is 2.03. The molecule has 1 saturated heterocycles. The summed E-state index contributed by atoms with van der Waals surface area (Å²) >= 11 is 0. The van der Waals surface area contributed by atoms with E-state index in [0.717, 1.165) is 12.4 Å². The fourth-order valence-electron chi connectivity index (χ4n) is 2.30. The smallest absolute Gasteiger partial charge is 0.213 e. The minimum absolute atomic E-state index is 0.465. The maximum Gasteiger partial charge on any atom is 0.213 e. The maximum absolute atomic E-state index is 5.78. The highest BCUT2D eigenvalue weighted by Gasteiger charge is 2.27. The van der Waals surface area contributed by atoms with Gasteiger partial charge in [-0.15, -0.1) is 0 Å². The van der Waals surface area contributed by atoms with Crippen molar-refractivity contribution in [3.63, 3.8) is 0 Å². The van der Waals surface area contributed by atoms with Crippen molar-refractivity contribution in [3.8, 4) is 0 Å². The maximum atomic E-state index is 5.78. The van der Waals surface area contributed by atoms with Crippen LogP contribution in [-0.4, -0.2) is 33.7 Å². The molecule has 0 bridgehead atoms. The van der Waals surface area contributed by atoms with Crippen LogP contribution in [0.4, 0.5) is 0 Å². The van der Waals surface area contributed by atoms with Crippen LogP contribution in [0.5, 0.6) is 0 Å². The number of hydrogen-bond donors (Lipinski definition) is 1. The number of nitrogens with two attached hydrogens (primary N) is 1. The second-order valence-electron chi connectivity index (χ2n) is 4.19. The molecule has 0 radical (unpaired) electrons. The molecule has 0 spiro atoms. The lowest BCUT2D eigenvalue weighted by atomic mass is 9.96. The van der Waals surface area contributed by atoms with Gasteiger partial charge in [0.05, 0.1) is 6.54 Å². The fourth-order valence-corrected chi connectivity index (χ4v) is 2.30. The minimum Gasteiger partial charge on any atom is -0.343 e. The Kier molecular flexibility index (Phi) is 3.33. The molecule has 2 unspecified atom stereocenters. The van der Waals surface area contributed by atoms with Gasteiger partial charge in [0.2, 0.25) is 6.39 Å². The average Bonchev–Trinajstić information content (AvgIpc) is 2.74. The van der Waals surface area contributed by atoms with Crippen molar-refractivity contribution in [1.29, 1.82) is 0 Å². The normalized spacial score (nSPS) is 28.1. The van der Waals surface area contributed by atoms with E-state index in [-0.39, 0.29) is 0 Å². The predicted octanol–water partition coefficient (Wildman–Crippen LogP) is 0.771. The second kappa shape index (κ2) is 4.72. The fraction of sp³-hybridized carbons (Fsp3) is 0.800. The molecule has 1 aliphatic heterocycles. The van der Waals surface area contributed by atoms with E-state index in [1.165, 1.54) is 25.7 Å². The molecule has 15 heavy (non-hydrogen) atoms. The summed E-state index contributed by atoms with van der Waals surface area (Å²) in [7, 11) is 0. The zero-order valence-electron chi connectivity index (χ0n) is 9.09. The second-order valence-corrected chi connectivity index (χ2v) is 4.19. The molecule has 0 amide bonds. The first-order valence-corrected chi connectivity index (χ1v) is 5.52. The van der Waals surface area contributed by atoms with Gasteiger partial charge in [-0.1, -0.05) is 11.6 Å². The first kappa shape index (κ1) is 10.6.